The van der Waals surface area contributed by atoms with E-state index in [1.54, 1.807) is 11.1 Å². The second kappa shape index (κ2) is 5.28. The summed E-state index contributed by atoms with van der Waals surface area (Å²) >= 11 is 0. The van der Waals surface area contributed by atoms with Crippen LogP contribution in [-0.4, -0.2) is 0 Å². The molecule has 22 heavy (non-hydrogen) atoms. The highest BCUT2D eigenvalue weighted by atomic mass is 14.2. The maximum absolute atomic E-state index is 2.41. The van der Waals surface area contributed by atoms with Crippen molar-refractivity contribution in [2.24, 2.45) is 0 Å². The third-order valence-corrected chi connectivity index (χ3v) is 5.19. The van der Waals surface area contributed by atoms with E-state index in [1.165, 1.54) is 46.2 Å². The number of fused-ring (bicyclic) bond motifs is 2. The van der Waals surface area contributed by atoms with Gasteiger partial charge in [-0.2, -0.15) is 0 Å². The maximum Gasteiger partial charge on any atom is -0.00551 e. The lowest BCUT2D eigenvalue weighted by Gasteiger charge is -2.06. The smallest absolute Gasteiger partial charge is 0.00551 e. The van der Waals surface area contributed by atoms with E-state index < -0.39 is 0 Å². The van der Waals surface area contributed by atoms with Crippen LogP contribution in [0.15, 0.2) is 47.5 Å². The molecule has 0 N–H and O–H groups in total. The van der Waals surface area contributed by atoms with Crippen LogP contribution in [0, 0.1) is 13.8 Å². The van der Waals surface area contributed by atoms with Gasteiger partial charge in [-0.05, 0) is 72.9 Å². The molecule has 0 aromatic heterocycles. The molecule has 0 amide bonds. The number of rotatable bonds is 3. The predicted octanol–water partition coefficient (Wildman–Crippen LogP) is 5.66. The van der Waals surface area contributed by atoms with Crippen LogP contribution >= 0.6 is 0 Å². The second-order valence-electron chi connectivity index (χ2n) is 6.74. The first-order valence-corrected chi connectivity index (χ1v) is 8.26. The minimum atomic E-state index is 1.15. The minimum absolute atomic E-state index is 1.15. The Bertz CT molecular complexity index is 733. The summed E-state index contributed by atoms with van der Waals surface area (Å²) in [7, 11) is 0. The lowest BCUT2D eigenvalue weighted by atomic mass is 9.99. The molecule has 2 aliphatic carbocycles. The Morgan fingerprint density at radius 3 is 1.55 bits per heavy atom. The van der Waals surface area contributed by atoms with E-state index in [0.717, 1.165) is 12.8 Å². The monoisotopic (exact) mass is 286 g/mol. The highest BCUT2D eigenvalue weighted by Gasteiger charge is 2.17. The molecular formula is C22H22. The molecule has 0 fully saturated rings. The van der Waals surface area contributed by atoms with Gasteiger partial charge in [0, 0.05) is 0 Å². The molecule has 0 nitrogen and oxygen atoms in total. The largest absolute Gasteiger partial charge is 0.0649 e. The first-order chi connectivity index (χ1) is 10.7. The van der Waals surface area contributed by atoms with Crippen molar-refractivity contribution >= 4 is 12.2 Å². The van der Waals surface area contributed by atoms with Gasteiger partial charge in [-0.1, -0.05) is 59.7 Å². The van der Waals surface area contributed by atoms with Gasteiger partial charge in [0.1, 0.15) is 0 Å². The summed E-state index contributed by atoms with van der Waals surface area (Å²) in [5, 5.41) is 0. The van der Waals surface area contributed by atoms with Crippen molar-refractivity contribution in [1.29, 1.82) is 0 Å². The van der Waals surface area contributed by atoms with E-state index in [4.69, 9.17) is 0 Å². The quantitative estimate of drug-likeness (QED) is 0.682. The number of hydrogen-bond donors (Lipinski definition) is 0. The molecule has 2 aromatic carbocycles. The van der Waals surface area contributed by atoms with Gasteiger partial charge in [-0.15, -0.1) is 0 Å². The van der Waals surface area contributed by atoms with Crippen molar-refractivity contribution in [2.75, 3.05) is 0 Å². The van der Waals surface area contributed by atoms with Crippen molar-refractivity contribution in [3.63, 3.8) is 0 Å². The van der Waals surface area contributed by atoms with E-state index in [9.17, 15) is 0 Å². The highest BCUT2D eigenvalue weighted by Crippen LogP contribution is 2.34. The van der Waals surface area contributed by atoms with Gasteiger partial charge in [0.15, 0.2) is 0 Å². The fourth-order valence-corrected chi connectivity index (χ4v) is 3.84. The van der Waals surface area contributed by atoms with Crippen LogP contribution < -0.4 is 0 Å². The summed E-state index contributed by atoms with van der Waals surface area (Å²) in [6.45, 7) is 4.46. The Balaban J connectivity index is 1.44. The van der Waals surface area contributed by atoms with Gasteiger partial charge in [0.2, 0.25) is 0 Å². The molecule has 0 radical (unpaired) electrons. The predicted molar refractivity (Wildman–Crippen MR) is 95.0 cm³/mol. The van der Waals surface area contributed by atoms with Crippen molar-refractivity contribution in [3.05, 3.63) is 80.9 Å². The van der Waals surface area contributed by atoms with E-state index >= 15 is 0 Å². The molecule has 0 heteroatoms. The van der Waals surface area contributed by atoms with Crippen molar-refractivity contribution in [3.8, 4) is 0 Å². The zero-order valence-corrected chi connectivity index (χ0v) is 13.4. The fourth-order valence-electron chi connectivity index (χ4n) is 3.84. The second-order valence-corrected chi connectivity index (χ2v) is 6.74. The van der Waals surface area contributed by atoms with Gasteiger partial charge < -0.3 is 0 Å². The molecule has 2 aliphatic rings. The molecule has 0 atom stereocenters. The molecule has 0 aliphatic heterocycles. The summed E-state index contributed by atoms with van der Waals surface area (Å²) in [4.78, 5) is 0. The number of aryl methyl sites for hydroxylation is 2. The Hall–Kier alpha value is -2.08. The summed E-state index contributed by atoms with van der Waals surface area (Å²) in [5.41, 5.74) is 12.0. The zero-order valence-electron chi connectivity index (χ0n) is 13.4. The van der Waals surface area contributed by atoms with Crippen LogP contribution in [0.5, 0.6) is 0 Å². The average Bonchev–Trinajstić information content (AvgIpc) is 3.10. The first kappa shape index (κ1) is 13.6. The summed E-state index contributed by atoms with van der Waals surface area (Å²) in [5.74, 6) is 0. The molecule has 0 heterocycles. The standard InChI is InChI=1S/C22H22/c1-15-5-3-7-19-11-17(13-21(15)19)9-10-18-12-20-8-4-6-16(2)22(20)14-18/h3-8,11-12H,9-10,13-14H2,1-2H3. The molecule has 110 valence electrons. The molecule has 0 saturated carbocycles. The summed E-state index contributed by atoms with van der Waals surface area (Å²) in [6.07, 6.45) is 9.54. The Morgan fingerprint density at radius 1 is 0.682 bits per heavy atom. The lowest BCUT2D eigenvalue weighted by Crippen LogP contribution is -1.92. The normalized spacial score (nSPS) is 15.4. The third kappa shape index (κ3) is 2.33. The molecule has 0 saturated heterocycles. The Labute approximate surface area is 133 Å². The number of benzene rings is 2. The zero-order chi connectivity index (χ0) is 15.1. The van der Waals surface area contributed by atoms with Crippen LogP contribution in [0.2, 0.25) is 0 Å². The van der Waals surface area contributed by atoms with E-state index in [0.29, 0.717) is 0 Å². The summed E-state index contributed by atoms with van der Waals surface area (Å²) < 4.78 is 0. The van der Waals surface area contributed by atoms with Crippen LogP contribution in [0.1, 0.15) is 46.2 Å². The van der Waals surface area contributed by atoms with Gasteiger partial charge in [-0.25, -0.2) is 0 Å². The number of allylic oxidation sites excluding steroid dienone is 2. The summed E-state index contributed by atoms with van der Waals surface area (Å²) in [6, 6.07) is 13.3. The molecule has 2 aromatic rings. The van der Waals surface area contributed by atoms with Crippen LogP contribution in [0.25, 0.3) is 12.2 Å². The van der Waals surface area contributed by atoms with E-state index in [-0.39, 0.29) is 0 Å². The molecule has 0 spiro atoms. The molecular weight excluding hydrogens is 264 g/mol. The maximum atomic E-state index is 2.41. The van der Waals surface area contributed by atoms with Gasteiger partial charge in [0.05, 0.1) is 0 Å². The Morgan fingerprint density at radius 2 is 1.14 bits per heavy atom. The highest BCUT2D eigenvalue weighted by molar-refractivity contribution is 5.67. The van der Waals surface area contributed by atoms with Gasteiger partial charge >= 0.3 is 0 Å². The SMILES string of the molecule is Cc1cccc2c1CC(CCC1=Cc3cccc(C)c3C1)=C2. The fraction of sp³-hybridized carbons (Fsp3) is 0.273. The topological polar surface area (TPSA) is 0 Å². The third-order valence-electron chi connectivity index (χ3n) is 5.19. The average molecular weight is 286 g/mol. The molecule has 4 rings (SSSR count). The minimum Gasteiger partial charge on any atom is -0.0649 e. The molecule has 0 bridgehead atoms. The Kier molecular flexibility index (Phi) is 3.26. The van der Waals surface area contributed by atoms with E-state index in [2.05, 4.69) is 62.4 Å². The van der Waals surface area contributed by atoms with Gasteiger partial charge in [-0.3, -0.25) is 0 Å². The van der Waals surface area contributed by atoms with Gasteiger partial charge in [0.25, 0.3) is 0 Å². The first-order valence-electron chi connectivity index (χ1n) is 8.26. The van der Waals surface area contributed by atoms with Crippen LogP contribution in [0.3, 0.4) is 0 Å². The van der Waals surface area contributed by atoms with E-state index in [1.807, 2.05) is 0 Å². The lowest BCUT2D eigenvalue weighted by molar-refractivity contribution is 0.883. The number of hydrogen-bond acceptors (Lipinski definition) is 0. The van der Waals surface area contributed by atoms with Crippen molar-refractivity contribution < 1.29 is 0 Å². The van der Waals surface area contributed by atoms with Crippen molar-refractivity contribution in [2.45, 2.75) is 39.5 Å². The van der Waals surface area contributed by atoms with Crippen LogP contribution in [-0.2, 0) is 12.8 Å². The molecule has 0 unspecified atom stereocenters. The van der Waals surface area contributed by atoms with Crippen molar-refractivity contribution in [1.82, 2.24) is 0 Å². The van der Waals surface area contributed by atoms with Crippen LogP contribution in [0.4, 0.5) is 0 Å².